The van der Waals surface area contributed by atoms with Crippen molar-refractivity contribution in [2.45, 2.75) is 46.3 Å². The SMILES string of the molecule is CCOc1ccc2[nH]c(=O)c(CN(CCc3ccccc3)C(c3nnnn3Cc3ccco3)C(C)C)cc2c1. The van der Waals surface area contributed by atoms with E-state index < -0.39 is 0 Å². The number of aromatic nitrogens is 5. The Balaban J connectivity index is 1.51. The number of pyridine rings is 1. The summed E-state index contributed by atoms with van der Waals surface area (Å²) in [5.41, 5.74) is 2.59. The highest BCUT2D eigenvalue weighted by atomic mass is 16.5. The van der Waals surface area contributed by atoms with Crippen LogP contribution < -0.4 is 10.3 Å². The molecule has 5 rings (SSSR count). The van der Waals surface area contributed by atoms with E-state index in [-0.39, 0.29) is 17.5 Å². The minimum Gasteiger partial charge on any atom is -0.494 e. The summed E-state index contributed by atoms with van der Waals surface area (Å²) in [4.78, 5) is 18.6. The normalized spacial score (nSPS) is 12.4. The van der Waals surface area contributed by atoms with Crippen LogP contribution in [-0.2, 0) is 19.5 Å². The van der Waals surface area contributed by atoms with Crippen molar-refractivity contribution >= 4 is 10.9 Å². The van der Waals surface area contributed by atoms with Crippen molar-refractivity contribution in [3.05, 3.63) is 106 Å². The minimum atomic E-state index is -0.136. The molecule has 0 aliphatic carbocycles. The number of hydrogen-bond donors (Lipinski definition) is 1. The molecule has 0 saturated carbocycles. The van der Waals surface area contributed by atoms with Gasteiger partial charge >= 0.3 is 0 Å². The molecule has 3 aromatic heterocycles. The Hall–Kier alpha value is -4.24. The second kappa shape index (κ2) is 12.1. The van der Waals surface area contributed by atoms with Crippen molar-refractivity contribution in [1.29, 1.82) is 0 Å². The molecule has 0 amide bonds. The average Bonchev–Trinajstić information content (AvgIpc) is 3.61. The topological polar surface area (TPSA) is 102 Å². The van der Waals surface area contributed by atoms with Crippen molar-refractivity contribution < 1.29 is 9.15 Å². The van der Waals surface area contributed by atoms with Crippen molar-refractivity contribution in [3.8, 4) is 5.75 Å². The summed E-state index contributed by atoms with van der Waals surface area (Å²) in [5, 5.41) is 13.7. The summed E-state index contributed by atoms with van der Waals surface area (Å²) in [5.74, 6) is 2.47. The van der Waals surface area contributed by atoms with E-state index in [0.29, 0.717) is 25.3 Å². The standard InChI is InChI=1S/C30H34N6O3/c1-4-38-25-12-13-27-23(18-25)17-24(30(37)31-27)19-35(15-14-22-9-6-5-7-10-22)28(21(2)3)29-32-33-34-36(29)20-26-11-8-16-39-26/h5-13,16-18,21,28H,4,14-15,19-20H2,1-3H3,(H,31,37). The Morgan fingerprint density at radius 3 is 2.67 bits per heavy atom. The van der Waals surface area contributed by atoms with E-state index in [1.165, 1.54) is 5.56 Å². The molecule has 0 radical (unpaired) electrons. The number of rotatable bonds is 12. The zero-order valence-corrected chi connectivity index (χ0v) is 22.6. The van der Waals surface area contributed by atoms with Crippen LogP contribution in [0.25, 0.3) is 10.9 Å². The molecule has 0 spiro atoms. The van der Waals surface area contributed by atoms with Crippen LogP contribution in [0.2, 0.25) is 0 Å². The van der Waals surface area contributed by atoms with Crippen molar-refractivity contribution in [1.82, 2.24) is 30.1 Å². The molecule has 9 nitrogen and oxygen atoms in total. The van der Waals surface area contributed by atoms with Crippen LogP contribution in [0.1, 0.15) is 49.5 Å². The molecule has 1 atom stereocenters. The van der Waals surface area contributed by atoms with Crippen LogP contribution in [0, 0.1) is 5.92 Å². The van der Waals surface area contributed by atoms with Crippen molar-refractivity contribution in [2.24, 2.45) is 5.92 Å². The number of fused-ring (bicyclic) bond motifs is 1. The van der Waals surface area contributed by atoms with Gasteiger partial charge in [-0.05, 0) is 71.7 Å². The highest BCUT2D eigenvalue weighted by Gasteiger charge is 2.30. The molecule has 0 bridgehead atoms. The fourth-order valence-corrected chi connectivity index (χ4v) is 5.03. The number of nitrogens with one attached hydrogen (secondary N) is 1. The summed E-state index contributed by atoms with van der Waals surface area (Å²) < 4.78 is 13.0. The summed E-state index contributed by atoms with van der Waals surface area (Å²) in [7, 11) is 0. The van der Waals surface area contributed by atoms with E-state index in [4.69, 9.17) is 9.15 Å². The summed E-state index contributed by atoms with van der Waals surface area (Å²) in [6, 6.07) is 21.7. The molecule has 0 aliphatic rings. The van der Waals surface area contributed by atoms with Gasteiger partial charge in [-0.25, -0.2) is 4.68 Å². The molecule has 5 aromatic rings. The van der Waals surface area contributed by atoms with E-state index in [0.717, 1.165) is 41.2 Å². The predicted molar refractivity (Wildman–Crippen MR) is 149 cm³/mol. The van der Waals surface area contributed by atoms with E-state index in [2.05, 4.69) is 51.4 Å². The minimum absolute atomic E-state index is 0.103. The summed E-state index contributed by atoms with van der Waals surface area (Å²) >= 11 is 0. The van der Waals surface area contributed by atoms with Gasteiger partial charge in [-0.3, -0.25) is 9.69 Å². The van der Waals surface area contributed by atoms with E-state index >= 15 is 0 Å². The van der Waals surface area contributed by atoms with Gasteiger partial charge < -0.3 is 14.1 Å². The highest BCUT2D eigenvalue weighted by Crippen LogP contribution is 2.29. The summed E-state index contributed by atoms with van der Waals surface area (Å²) in [6.07, 6.45) is 2.47. The van der Waals surface area contributed by atoms with Crippen molar-refractivity contribution in [3.63, 3.8) is 0 Å². The highest BCUT2D eigenvalue weighted by molar-refractivity contribution is 5.80. The molecule has 2 aromatic carbocycles. The van der Waals surface area contributed by atoms with E-state index in [1.807, 2.05) is 61.5 Å². The van der Waals surface area contributed by atoms with Gasteiger partial charge in [0.05, 0.1) is 18.9 Å². The van der Waals surface area contributed by atoms with Gasteiger partial charge in [0.25, 0.3) is 5.56 Å². The maximum Gasteiger partial charge on any atom is 0.252 e. The Labute approximate surface area is 227 Å². The third kappa shape index (κ3) is 6.26. The Morgan fingerprint density at radius 2 is 1.92 bits per heavy atom. The number of aromatic amines is 1. The first kappa shape index (κ1) is 26.4. The molecular weight excluding hydrogens is 492 g/mol. The van der Waals surface area contributed by atoms with Gasteiger partial charge in [0.1, 0.15) is 18.1 Å². The van der Waals surface area contributed by atoms with Crippen LogP contribution in [0.3, 0.4) is 0 Å². The Kier molecular flexibility index (Phi) is 8.17. The van der Waals surface area contributed by atoms with Gasteiger partial charge in [0.2, 0.25) is 0 Å². The molecule has 9 heteroatoms. The molecule has 0 aliphatic heterocycles. The van der Waals surface area contributed by atoms with Crippen LogP contribution in [-0.4, -0.2) is 43.2 Å². The number of nitrogens with zero attached hydrogens (tertiary/aromatic N) is 5. The number of ether oxygens (including phenoxy) is 1. The second-order valence-electron chi connectivity index (χ2n) is 9.97. The summed E-state index contributed by atoms with van der Waals surface area (Å²) in [6.45, 7) is 8.44. The maximum atomic E-state index is 13.2. The fourth-order valence-electron chi connectivity index (χ4n) is 5.03. The number of furan rings is 1. The number of H-pyrrole nitrogens is 1. The van der Waals surface area contributed by atoms with Crippen LogP contribution >= 0.6 is 0 Å². The van der Waals surface area contributed by atoms with Crippen LogP contribution in [0.5, 0.6) is 5.75 Å². The molecule has 0 fully saturated rings. The van der Waals surface area contributed by atoms with Gasteiger partial charge in [0.15, 0.2) is 5.82 Å². The first-order valence-corrected chi connectivity index (χ1v) is 13.4. The Morgan fingerprint density at radius 1 is 1.08 bits per heavy atom. The predicted octanol–water partition coefficient (Wildman–Crippen LogP) is 5.00. The monoisotopic (exact) mass is 526 g/mol. The smallest absolute Gasteiger partial charge is 0.252 e. The first-order valence-electron chi connectivity index (χ1n) is 13.4. The lowest BCUT2D eigenvalue weighted by atomic mass is 9.99. The lowest BCUT2D eigenvalue weighted by molar-refractivity contribution is 0.135. The molecule has 0 saturated heterocycles. The molecule has 202 valence electrons. The third-order valence-electron chi connectivity index (χ3n) is 6.84. The fraction of sp³-hybridized carbons (Fsp3) is 0.333. The maximum absolute atomic E-state index is 13.2. The molecular formula is C30H34N6O3. The number of benzene rings is 2. The van der Waals surface area contributed by atoms with Crippen LogP contribution in [0.4, 0.5) is 0 Å². The lowest BCUT2D eigenvalue weighted by Gasteiger charge is -2.33. The van der Waals surface area contributed by atoms with E-state index in [1.54, 1.807) is 10.9 Å². The van der Waals surface area contributed by atoms with Gasteiger partial charge in [0, 0.05) is 29.6 Å². The zero-order chi connectivity index (χ0) is 27.2. The quantitative estimate of drug-likeness (QED) is 0.244. The third-order valence-corrected chi connectivity index (χ3v) is 6.84. The molecule has 1 unspecified atom stereocenters. The largest absolute Gasteiger partial charge is 0.494 e. The lowest BCUT2D eigenvalue weighted by Crippen LogP contribution is -2.37. The molecule has 39 heavy (non-hydrogen) atoms. The zero-order valence-electron chi connectivity index (χ0n) is 22.6. The van der Waals surface area contributed by atoms with E-state index in [9.17, 15) is 4.79 Å². The first-order chi connectivity index (χ1) is 19.0. The average molecular weight is 527 g/mol. The van der Waals surface area contributed by atoms with Crippen molar-refractivity contribution in [2.75, 3.05) is 13.2 Å². The molecule has 1 N–H and O–H groups in total. The molecule has 3 heterocycles. The number of tetrazole rings is 1. The second-order valence-corrected chi connectivity index (χ2v) is 9.97. The number of hydrogen-bond acceptors (Lipinski definition) is 7. The van der Waals surface area contributed by atoms with Gasteiger partial charge in [-0.1, -0.05) is 44.2 Å². The van der Waals surface area contributed by atoms with Crippen LogP contribution in [0.15, 0.2) is 82.2 Å². The van der Waals surface area contributed by atoms with Gasteiger partial charge in [-0.15, -0.1) is 5.10 Å². The van der Waals surface area contributed by atoms with Gasteiger partial charge in [-0.2, -0.15) is 0 Å². The Bertz CT molecular complexity index is 1540.